The zero-order chi connectivity index (χ0) is 13.2. The van der Waals surface area contributed by atoms with Gasteiger partial charge in [-0.25, -0.2) is 4.98 Å². The molecule has 4 nitrogen and oxygen atoms in total. The smallest absolute Gasteiger partial charge is 0.0949 e. The normalized spacial score (nSPS) is 21.7. The van der Waals surface area contributed by atoms with Crippen molar-refractivity contribution >= 4 is 0 Å². The molecule has 0 saturated carbocycles. The summed E-state index contributed by atoms with van der Waals surface area (Å²) in [5.41, 5.74) is 1.25. The summed E-state index contributed by atoms with van der Waals surface area (Å²) in [6, 6.07) is 0.676. The molecule has 2 heterocycles. The molecule has 1 atom stereocenters. The number of nitrogens with one attached hydrogen (secondary N) is 1. The predicted octanol–water partition coefficient (Wildman–Crippen LogP) is 1.82. The van der Waals surface area contributed by atoms with Gasteiger partial charge in [-0.1, -0.05) is 6.92 Å². The Kier molecular flexibility index (Phi) is 4.07. The molecule has 0 amide bonds. The van der Waals surface area contributed by atoms with Gasteiger partial charge >= 0.3 is 0 Å². The van der Waals surface area contributed by atoms with Gasteiger partial charge in [-0.15, -0.1) is 0 Å². The first-order chi connectivity index (χ1) is 8.58. The van der Waals surface area contributed by atoms with E-state index >= 15 is 0 Å². The molecule has 1 aromatic rings. The molecule has 0 spiro atoms. The fourth-order valence-electron chi connectivity index (χ4n) is 2.86. The minimum atomic E-state index is -0.0217. The van der Waals surface area contributed by atoms with Gasteiger partial charge in [0.15, 0.2) is 0 Å². The van der Waals surface area contributed by atoms with Crippen LogP contribution in [0.1, 0.15) is 39.3 Å². The van der Waals surface area contributed by atoms with Gasteiger partial charge in [0.05, 0.1) is 17.6 Å². The average Bonchev–Trinajstić information content (AvgIpc) is 2.98. The molecule has 1 aromatic heterocycles. The Hall–Kier alpha value is -0.870. The van der Waals surface area contributed by atoms with Crippen molar-refractivity contribution in [3.63, 3.8) is 0 Å². The van der Waals surface area contributed by atoms with Gasteiger partial charge in [0.2, 0.25) is 0 Å². The van der Waals surface area contributed by atoms with Crippen LogP contribution in [0.3, 0.4) is 0 Å². The molecule has 0 radical (unpaired) electrons. The van der Waals surface area contributed by atoms with E-state index in [1.807, 2.05) is 19.6 Å². The highest BCUT2D eigenvalue weighted by Gasteiger charge is 2.27. The van der Waals surface area contributed by atoms with Crippen molar-refractivity contribution in [1.29, 1.82) is 0 Å². The standard InChI is InChI=1S/C14H26N4/c1-5-17-8-6-7-12(17)10-18-11-16-9-13(18)14(2,3)15-4/h9,11-12,15H,5-8,10H2,1-4H3. The number of hydrogen-bond donors (Lipinski definition) is 1. The largest absolute Gasteiger partial charge is 0.331 e. The van der Waals surface area contributed by atoms with Crippen LogP contribution in [0.5, 0.6) is 0 Å². The van der Waals surface area contributed by atoms with E-state index in [0.717, 1.165) is 13.1 Å². The van der Waals surface area contributed by atoms with E-state index < -0.39 is 0 Å². The summed E-state index contributed by atoms with van der Waals surface area (Å²) in [7, 11) is 2.01. The van der Waals surface area contributed by atoms with E-state index in [1.54, 1.807) is 0 Å². The van der Waals surface area contributed by atoms with E-state index in [-0.39, 0.29) is 5.54 Å². The van der Waals surface area contributed by atoms with Crippen LogP contribution in [-0.4, -0.2) is 40.6 Å². The summed E-state index contributed by atoms with van der Waals surface area (Å²) in [5.74, 6) is 0. The Morgan fingerprint density at radius 1 is 1.50 bits per heavy atom. The van der Waals surface area contributed by atoms with Gasteiger partial charge in [0.1, 0.15) is 0 Å². The van der Waals surface area contributed by atoms with Crippen molar-refractivity contribution < 1.29 is 0 Å². The topological polar surface area (TPSA) is 33.1 Å². The number of hydrogen-bond acceptors (Lipinski definition) is 3. The van der Waals surface area contributed by atoms with Gasteiger partial charge in [-0.2, -0.15) is 0 Å². The lowest BCUT2D eigenvalue weighted by Crippen LogP contribution is -2.38. The lowest BCUT2D eigenvalue weighted by atomic mass is 10.0. The number of aromatic nitrogens is 2. The molecule has 1 fully saturated rings. The first kappa shape index (κ1) is 13.6. The van der Waals surface area contributed by atoms with Crippen molar-refractivity contribution in [3.05, 3.63) is 18.2 Å². The van der Waals surface area contributed by atoms with E-state index in [9.17, 15) is 0 Å². The molecule has 18 heavy (non-hydrogen) atoms. The van der Waals surface area contributed by atoms with Crippen molar-refractivity contribution in [1.82, 2.24) is 19.8 Å². The van der Waals surface area contributed by atoms with Gasteiger partial charge < -0.3 is 9.88 Å². The third-order valence-electron chi connectivity index (χ3n) is 4.29. The monoisotopic (exact) mass is 250 g/mol. The Bertz CT molecular complexity index is 383. The number of likely N-dealkylation sites (N-methyl/N-ethyl adjacent to an activating group) is 1. The van der Waals surface area contributed by atoms with E-state index in [0.29, 0.717) is 6.04 Å². The Morgan fingerprint density at radius 3 is 2.94 bits per heavy atom. The fraction of sp³-hybridized carbons (Fsp3) is 0.786. The minimum absolute atomic E-state index is 0.0217. The van der Waals surface area contributed by atoms with Crippen LogP contribution in [0.4, 0.5) is 0 Å². The Morgan fingerprint density at radius 2 is 2.28 bits per heavy atom. The molecule has 0 aromatic carbocycles. The highest BCUT2D eigenvalue weighted by Crippen LogP contribution is 2.23. The van der Waals surface area contributed by atoms with Crippen LogP contribution in [0.2, 0.25) is 0 Å². The molecule has 102 valence electrons. The number of likely N-dealkylation sites (tertiary alicyclic amines) is 1. The molecule has 4 heteroatoms. The molecule has 1 aliphatic rings. The molecule has 1 unspecified atom stereocenters. The van der Waals surface area contributed by atoms with Crippen molar-refractivity contribution in [3.8, 4) is 0 Å². The summed E-state index contributed by atoms with van der Waals surface area (Å²) in [6.07, 6.45) is 6.60. The first-order valence-electron chi connectivity index (χ1n) is 7.02. The van der Waals surface area contributed by atoms with E-state index in [4.69, 9.17) is 0 Å². The summed E-state index contributed by atoms with van der Waals surface area (Å²) in [5, 5.41) is 3.36. The number of rotatable bonds is 5. The van der Waals surface area contributed by atoms with Gasteiger partial charge in [-0.3, -0.25) is 4.90 Å². The Labute approximate surface area is 110 Å². The minimum Gasteiger partial charge on any atom is -0.331 e. The van der Waals surface area contributed by atoms with Crippen LogP contribution in [-0.2, 0) is 12.1 Å². The van der Waals surface area contributed by atoms with Crippen molar-refractivity contribution in [2.45, 2.75) is 51.7 Å². The van der Waals surface area contributed by atoms with Crippen molar-refractivity contribution in [2.24, 2.45) is 0 Å². The number of imidazole rings is 1. The fourth-order valence-corrected chi connectivity index (χ4v) is 2.86. The maximum atomic E-state index is 4.33. The SMILES string of the molecule is CCN1CCCC1Cn1cncc1C(C)(C)NC. The molecular weight excluding hydrogens is 224 g/mol. The maximum Gasteiger partial charge on any atom is 0.0949 e. The van der Waals surface area contributed by atoms with Crippen LogP contribution in [0.15, 0.2) is 12.5 Å². The number of nitrogens with zero attached hydrogens (tertiary/aromatic N) is 3. The van der Waals surface area contributed by atoms with Crippen LogP contribution in [0.25, 0.3) is 0 Å². The molecule has 0 aliphatic carbocycles. The average molecular weight is 250 g/mol. The lowest BCUT2D eigenvalue weighted by molar-refractivity contribution is 0.239. The third kappa shape index (κ3) is 2.59. The summed E-state index contributed by atoms with van der Waals surface area (Å²) in [4.78, 5) is 6.91. The summed E-state index contributed by atoms with van der Waals surface area (Å²) in [6.45, 7) is 10.1. The van der Waals surface area contributed by atoms with E-state index in [1.165, 1.54) is 25.1 Å². The molecule has 1 aliphatic heterocycles. The maximum absolute atomic E-state index is 4.33. The van der Waals surface area contributed by atoms with Gasteiger partial charge in [0.25, 0.3) is 0 Å². The van der Waals surface area contributed by atoms with Gasteiger partial charge in [0, 0.05) is 18.8 Å². The second kappa shape index (κ2) is 5.41. The molecule has 0 bridgehead atoms. The zero-order valence-electron chi connectivity index (χ0n) is 12.1. The predicted molar refractivity (Wildman–Crippen MR) is 74.6 cm³/mol. The summed E-state index contributed by atoms with van der Waals surface area (Å²) >= 11 is 0. The van der Waals surface area contributed by atoms with Crippen molar-refractivity contribution in [2.75, 3.05) is 20.1 Å². The molecule has 2 rings (SSSR count). The second-order valence-electron chi connectivity index (χ2n) is 5.73. The molecule has 1 N–H and O–H groups in total. The zero-order valence-corrected chi connectivity index (χ0v) is 12.1. The van der Waals surface area contributed by atoms with E-state index in [2.05, 4.69) is 40.5 Å². The highest BCUT2D eigenvalue weighted by atomic mass is 15.2. The summed E-state index contributed by atoms with van der Waals surface area (Å²) < 4.78 is 2.31. The van der Waals surface area contributed by atoms with Crippen LogP contribution >= 0.6 is 0 Å². The first-order valence-corrected chi connectivity index (χ1v) is 7.02. The second-order valence-corrected chi connectivity index (χ2v) is 5.73. The van der Waals surface area contributed by atoms with Crippen LogP contribution < -0.4 is 5.32 Å². The van der Waals surface area contributed by atoms with Crippen LogP contribution in [0, 0.1) is 0 Å². The molecule has 1 saturated heterocycles. The third-order valence-corrected chi connectivity index (χ3v) is 4.29. The van der Waals surface area contributed by atoms with Gasteiger partial charge in [-0.05, 0) is 46.8 Å². The quantitative estimate of drug-likeness (QED) is 0.865. The highest BCUT2D eigenvalue weighted by molar-refractivity contribution is 5.11. The lowest BCUT2D eigenvalue weighted by Gasteiger charge is -2.28. The molecular formula is C14H26N4. The Balaban J connectivity index is 2.13.